The van der Waals surface area contributed by atoms with Gasteiger partial charge in [0.2, 0.25) is 0 Å². The lowest BCUT2D eigenvalue weighted by Gasteiger charge is -2.34. The van der Waals surface area contributed by atoms with Crippen molar-refractivity contribution in [1.29, 1.82) is 0 Å². The van der Waals surface area contributed by atoms with E-state index in [2.05, 4.69) is 15.1 Å². The van der Waals surface area contributed by atoms with Gasteiger partial charge >= 0.3 is 0 Å². The molecule has 0 bridgehead atoms. The molecular formula is C23H25ClN4O3S. The molecule has 1 saturated heterocycles. The van der Waals surface area contributed by atoms with Gasteiger partial charge in [-0.2, -0.15) is 0 Å². The number of benzene rings is 2. The molecule has 1 N–H and O–H groups in total. The third-order valence-electron chi connectivity index (χ3n) is 5.90. The second-order valence-electron chi connectivity index (χ2n) is 7.96. The van der Waals surface area contributed by atoms with Gasteiger partial charge in [0, 0.05) is 49.9 Å². The molecule has 3 heterocycles. The molecule has 0 atom stereocenters. The average Bonchev–Trinajstić information content (AvgIpc) is 3.27. The highest BCUT2D eigenvalue weighted by Gasteiger charge is 2.21. The van der Waals surface area contributed by atoms with Crippen LogP contribution in [0.25, 0.3) is 10.2 Å². The highest BCUT2D eigenvalue weighted by Crippen LogP contribution is 2.34. The van der Waals surface area contributed by atoms with Crippen LogP contribution in [0.4, 0.5) is 5.13 Å². The van der Waals surface area contributed by atoms with Crippen molar-refractivity contribution < 1.29 is 14.3 Å². The lowest BCUT2D eigenvalue weighted by atomic mass is 10.2. The van der Waals surface area contributed by atoms with E-state index in [-0.39, 0.29) is 5.91 Å². The summed E-state index contributed by atoms with van der Waals surface area (Å²) in [5.74, 6) is 1.23. The molecule has 0 radical (unpaired) electrons. The number of thiazole rings is 1. The van der Waals surface area contributed by atoms with Crippen LogP contribution in [-0.2, 0) is 0 Å². The molecule has 0 saturated carbocycles. The number of carbonyl (C=O) groups excluding carboxylic acids is 1. The monoisotopic (exact) mass is 472 g/mol. The maximum Gasteiger partial charge on any atom is 0.251 e. The van der Waals surface area contributed by atoms with E-state index in [9.17, 15) is 4.79 Å². The van der Waals surface area contributed by atoms with Gasteiger partial charge in [-0.3, -0.25) is 9.69 Å². The summed E-state index contributed by atoms with van der Waals surface area (Å²) in [7, 11) is 0. The highest BCUT2D eigenvalue weighted by atomic mass is 35.5. The zero-order valence-corrected chi connectivity index (χ0v) is 19.5. The van der Waals surface area contributed by atoms with Crippen molar-refractivity contribution in [2.45, 2.75) is 6.92 Å². The Morgan fingerprint density at radius 2 is 1.91 bits per heavy atom. The molecular weight excluding hydrogens is 448 g/mol. The summed E-state index contributed by atoms with van der Waals surface area (Å²) in [4.78, 5) is 22.0. The quantitative estimate of drug-likeness (QED) is 0.612. The van der Waals surface area contributed by atoms with Crippen molar-refractivity contribution in [3.8, 4) is 11.5 Å². The van der Waals surface area contributed by atoms with Crippen LogP contribution in [0.2, 0.25) is 5.02 Å². The normalized spacial score (nSPS) is 16.4. The molecule has 1 amide bonds. The van der Waals surface area contributed by atoms with E-state index in [0.29, 0.717) is 36.8 Å². The number of nitrogens with zero attached hydrogens (tertiary/aromatic N) is 3. The summed E-state index contributed by atoms with van der Waals surface area (Å²) < 4.78 is 12.2. The molecule has 9 heteroatoms. The number of nitrogens with one attached hydrogen (secondary N) is 1. The van der Waals surface area contributed by atoms with Crippen molar-refractivity contribution in [1.82, 2.24) is 15.2 Å². The fourth-order valence-corrected chi connectivity index (χ4v) is 5.23. The maximum absolute atomic E-state index is 12.5. The molecule has 3 aromatic rings. The molecule has 5 rings (SSSR count). The summed E-state index contributed by atoms with van der Waals surface area (Å²) in [6.45, 7) is 8.21. The molecule has 1 aromatic heterocycles. The van der Waals surface area contributed by atoms with Gasteiger partial charge in [0.15, 0.2) is 16.6 Å². The Bertz CT molecular complexity index is 1140. The SMILES string of the molecule is Cc1c(Cl)ccc2sc(N3CCN(CCNC(=O)c4ccc5c(c4)OCCO5)CC3)nc12. The number of aromatic nitrogens is 1. The summed E-state index contributed by atoms with van der Waals surface area (Å²) >= 11 is 7.96. The average molecular weight is 473 g/mol. The van der Waals surface area contributed by atoms with Gasteiger partial charge in [-0.1, -0.05) is 22.9 Å². The van der Waals surface area contributed by atoms with Gasteiger partial charge in [-0.15, -0.1) is 0 Å². The first kappa shape index (κ1) is 21.3. The van der Waals surface area contributed by atoms with Crippen LogP contribution in [0.1, 0.15) is 15.9 Å². The summed E-state index contributed by atoms with van der Waals surface area (Å²) in [6.07, 6.45) is 0. The van der Waals surface area contributed by atoms with E-state index in [4.69, 9.17) is 26.1 Å². The number of hydrogen-bond acceptors (Lipinski definition) is 7. The Morgan fingerprint density at radius 1 is 1.12 bits per heavy atom. The van der Waals surface area contributed by atoms with E-state index >= 15 is 0 Å². The Hall–Kier alpha value is -2.55. The van der Waals surface area contributed by atoms with Crippen LogP contribution >= 0.6 is 22.9 Å². The topological polar surface area (TPSA) is 66.9 Å². The highest BCUT2D eigenvalue weighted by molar-refractivity contribution is 7.22. The van der Waals surface area contributed by atoms with Crippen LogP contribution < -0.4 is 19.7 Å². The maximum atomic E-state index is 12.5. The van der Waals surface area contributed by atoms with Gasteiger partial charge in [0.25, 0.3) is 5.91 Å². The van der Waals surface area contributed by atoms with Gasteiger partial charge < -0.3 is 19.7 Å². The Labute approximate surface area is 195 Å². The third-order valence-corrected chi connectivity index (χ3v) is 7.39. The zero-order chi connectivity index (χ0) is 22.1. The van der Waals surface area contributed by atoms with E-state index in [1.54, 1.807) is 29.5 Å². The van der Waals surface area contributed by atoms with Gasteiger partial charge in [-0.05, 0) is 42.8 Å². The van der Waals surface area contributed by atoms with Crippen molar-refractivity contribution >= 4 is 44.2 Å². The largest absolute Gasteiger partial charge is 0.486 e. The number of aryl methyl sites for hydroxylation is 1. The number of ether oxygens (including phenoxy) is 2. The first-order valence-corrected chi connectivity index (χ1v) is 12.0. The second kappa shape index (κ2) is 9.13. The minimum Gasteiger partial charge on any atom is -0.486 e. The lowest BCUT2D eigenvalue weighted by molar-refractivity contribution is 0.0946. The molecule has 7 nitrogen and oxygen atoms in total. The molecule has 2 aliphatic rings. The van der Waals surface area contributed by atoms with E-state index in [1.807, 2.05) is 19.1 Å². The first-order valence-electron chi connectivity index (χ1n) is 10.8. The smallest absolute Gasteiger partial charge is 0.251 e. The number of anilines is 1. The second-order valence-corrected chi connectivity index (χ2v) is 9.37. The number of halogens is 1. The predicted molar refractivity (Wildman–Crippen MR) is 128 cm³/mol. The zero-order valence-electron chi connectivity index (χ0n) is 17.9. The molecule has 1 fully saturated rings. The number of piperazine rings is 1. The van der Waals surface area contributed by atoms with Crippen molar-refractivity contribution in [3.63, 3.8) is 0 Å². The fourth-order valence-electron chi connectivity index (χ4n) is 4.00. The van der Waals surface area contributed by atoms with Crippen LogP contribution in [0.5, 0.6) is 11.5 Å². The van der Waals surface area contributed by atoms with Gasteiger partial charge in [0.1, 0.15) is 13.2 Å². The van der Waals surface area contributed by atoms with E-state index < -0.39 is 0 Å². The summed E-state index contributed by atoms with van der Waals surface area (Å²) in [6, 6.07) is 9.30. The van der Waals surface area contributed by atoms with Crippen molar-refractivity contribution in [3.05, 3.63) is 46.5 Å². The fraction of sp³-hybridized carbons (Fsp3) is 0.391. The lowest BCUT2D eigenvalue weighted by Crippen LogP contribution is -2.48. The standard InChI is InChI=1S/C23H25ClN4O3S/c1-15-17(24)3-5-20-21(15)26-23(32-20)28-10-8-27(9-11-28)7-6-25-22(29)16-2-4-18-19(14-16)31-13-12-30-18/h2-5,14H,6-13H2,1H3,(H,25,29). The van der Waals surface area contributed by atoms with Crippen molar-refractivity contribution in [2.75, 3.05) is 57.4 Å². The van der Waals surface area contributed by atoms with Crippen LogP contribution in [0.15, 0.2) is 30.3 Å². The number of rotatable bonds is 5. The number of hydrogen-bond donors (Lipinski definition) is 1. The number of carbonyl (C=O) groups is 1. The minimum atomic E-state index is -0.0934. The van der Waals surface area contributed by atoms with E-state index in [0.717, 1.165) is 54.0 Å². The Kier molecular flexibility index (Phi) is 6.08. The minimum absolute atomic E-state index is 0.0934. The number of amides is 1. The molecule has 32 heavy (non-hydrogen) atoms. The molecule has 168 valence electrons. The summed E-state index contributed by atoms with van der Waals surface area (Å²) in [5, 5.41) is 4.83. The van der Waals surface area contributed by atoms with E-state index in [1.165, 1.54) is 4.70 Å². The first-order chi connectivity index (χ1) is 15.6. The molecule has 0 spiro atoms. The molecule has 2 aliphatic heterocycles. The molecule has 2 aromatic carbocycles. The van der Waals surface area contributed by atoms with Crippen LogP contribution in [-0.4, -0.2) is 68.3 Å². The molecule has 0 aliphatic carbocycles. The van der Waals surface area contributed by atoms with Gasteiger partial charge in [0.05, 0.1) is 10.2 Å². The predicted octanol–water partition coefficient (Wildman–Crippen LogP) is 3.58. The Morgan fingerprint density at radius 3 is 2.72 bits per heavy atom. The van der Waals surface area contributed by atoms with Crippen LogP contribution in [0, 0.1) is 6.92 Å². The molecule has 0 unspecified atom stereocenters. The third kappa shape index (κ3) is 4.35. The van der Waals surface area contributed by atoms with Gasteiger partial charge in [-0.25, -0.2) is 4.98 Å². The Balaban J connectivity index is 1.11. The van der Waals surface area contributed by atoms with Crippen molar-refractivity contribution in [2.24, 2.45) is 0 Å². The van der Waals surface area contributed by atoms with Crippen LogP contribution in [0.3, 0.4) is 0 Å². The number of fused-ring (bicyclic) bond motifs is 2. The summed E-state index contributed by atoms with van der Waals surface area (Å²) in [5.41, 5.74) is 2.63.